The molecule has 0 unspecified atom stereocenters. The van der Waals surface area contributed by atoms with Crippen LogP contribution in [0.3, 0.4) is 0 Å². The van der Waals surface area contributed by atoms with E-state index in [9.17, 15) is 19.5 Å². The Labute approximate surface area is 203 Å². The fraction of sp³-hybridized carbons (Fsp3) is 0.250. The highest BCUT2D eigenvalue weighted by Crippen LogP contribution is 2.44. The van der Waals surface area contributed by atoms with Crippen molar-refractivity contribution in [3.8, 4) is 11.1 Å². The topological polar surface area (TPSA) is 105 Å². The van der Waals surface area contributed by atoms with Crippen LogP contribution in [0.1, 0.15) is 35.4 Å². The average Bonchev–Trinajstić information content (AvgIpc) is 3.59. The van der Waals surface area contributed by atoms with Gasteiger partial charge in [-0.2, -0.15) is 0 Å². The molecule has 3 N–H and O–H groups in total. The SMILES string of the molecule is O=C(N[C@H](Cc1ccccc1)C(=O)NC1(C(=O)O)CC1)OCC1c2ccccc2-c2ccccc21. The second-order valence-electron chi connectivity index (χ2n) is 9.09. The molecule has 7 heteroatoms. The molecule has 3 aromatic carbocycles. The van der Waals surface area contributed by atoms with Gasteiger partial charge in [0, 0.05) is 12.3 Å². The van der Waals surface area contributed by atoms with Crippen molar-refractivity contribution in [1.82, 2.24) is 10.6 Å². The van der Waals surface area contributed by atoms with Crippen molar-refractivity contribution in [2.24, 2.45) is 0 Å². The highest BCUT2D eigenvalue weighted by molar-refractivity contribution is 5.93. The van der Waals surface area contributed by atoms with Crippen molar-refractivity contribution in [3.63, 3.8) is 0 Å². The molecule has 0 bridgehead atoms. The lowest BCUT2D eigenvalue weighted by molar-refractivity contribution is -0.143. The van der Waals surface area contributed by atoms with Gasteiger partial charge in [0.2, 0.25) is 5.91 Å². The van der Waals surface area contributed by atoms with Gasteiger partial charge in [0.1, 0.15) is 18.2 Å². The zero-order chi connectivity index (χ0) is 24.4. The lowest BCUT2D eigenvalue weighted by Crippen LogP contribution is -2.53. The zero-order valence-electron chi connectivity index (χ0n) is 19.1. The molecule has 0 heterocycles. The van der Waals surface area contributed by atoms with Crippen LogP contribution in [0.15, 0.2) is 78.9 Å². The fourth-order valence-corrected chi connectivity index (χ4v) is 4.68. The van der Waals surface area contributed by atoms with E-state index in [2.05, 4.69) is 22.8 Å². The van der Waals surface area contributed by atoms with Crippen molar-refractivity contribution >= 4 is 18.0 Å². The molecule has 3 aromatic rings. The number of hydrogen-bond acceptors (Lipinski definition) is 4. The van der Waals surface area contributed by atoms with Crippen LogP contribution >= 0.6 is 0 Å². The molecule has 0 aromatic heterocycles. The van der Waals surface area contributed by atoms with E-state index in [4.69, 9.17) is 4.74 Å². The number of nitrogens with one attached hydrogen (secondary N) is 2. The van der Waals surface area contributed by atoms with E-state index >= 15 is 0 Å². The monoisotopic (exact) mass is 470 g/mol. The third-order valence-electron chi connectivity index (χ3n) is 6.76. The zero-order valence-corrected chi connectivity index (χ0v) is 19.1. The predicted octanol–water partition coefficient (Wildman–Crippen LogP) is 3.87. The van der Waals surface area contributed by atoms with Crippen LogP contribution in [-0.4, -0.2) is 41.3 Å². The largest absolute Gasteiger partial charge is 0.480 e. The van der Waals surface area contributed by atoms with Crippen LogP contribution < -0.4 is 10.6 Å². The highest BCUT2D eigenvalue weighted by Gasteiger charge is 2.52. The first kappa shape index (κ1) is 22.7. The van der Waals surface area contributed by atoms with Crippen molar-refractivity contribution in [1.29, 1.82) is 0 Å². The van der Waals surface area contributed by atoms with Crippen LogP contribution in [-0.2, 0) is 20.7 Å². The minimum Gasteiger partial charge on any atom is -0.480 e. The van der Waals surface area contributed by atoms with Crippen molar-refractivity contribution in [3.05, 3.63) is 95.6 Å². The molecule has 2 aliphatic rings. The van der Waals surface area contributed by atoms with E-state index in [1.54, 1.807) is 0 Å². The Morgan fingerprint density at radius 2 is 1.46 bits per heavy atom. The number of aliphatic carboxylic acids is 1. The maximum atomic E-state index is 13.0. The van der Waals surface area contributed by atoms with Crippen molar-refractivity contribution in [2.45, 2.75) is 36.8 Å². The number of fused-ring (bicyclic) bond motifs is 3. The smallest absolute Gasteiger partial charge is 0.407 e. The molecule has 178 valence electrons. The van der Waals surface area contributed by atoms with Crippen LogP contribution in [0.25, 0.3) is 11.1 Å². The summed E-state index contributed by atoms with van der Waals surface area (Å²) in [4.78, 5) is 37.3. The number of carbonyl (C=O) groups is 3. The first-order valence-electron chi connectivity index (χ1n) is 11.7. The molecule has 5 rings (SSSR count). The van der Waals surface area contributed by atoms with Crippen molar-refractivity contribution in [2.75, 3.05) is 6.61 Å². The Kier molecular flexibility index (Phi) is 5.99. The molecule has 7 nitrogen and oxygen atoms in total. The Morgan fingerprint density at radius 3 is 2.03 bits per heavy atom. The molecule has 35 heavy (non-hydrogen) atoms. The van der Waals surface area contributed by atoms with Gasteiger partial charge in [-0.15, -0.1) is 0 Å². The molecule has 0 aliphatic heterocycles. The van der Waals surface area contributed by atoms with E-state index in [0.29, 0.717) is 12.8 Å². The van der Waals surface area contributed by atoms with Gasteiger partial charge in [0.05, 0.1) is 0 Å². The van der Waals surface area contributed by atoms with Crippen LogP contribution in [0.2, 0.25) is 0 Å². The lowest BCUT2D eigenvalue weighted by atomic mass is 9.98. The maximum Gasteiger partial charge on any atom is 0.407 e. The summed E-state index contributed by atoms with van der Waals surface area (Å²) in [5, 5.41) is 14.7. The van der Waals surface area contributed by atoms with Gasteiger partial charge in [-0.25, -0.2) is 9.59 Å². The summed E-state index contributed by atoms with van der Waals surface area (Å²) >= 11 is 0. The molecule has 0 saturated heterocycles. The third kappa shape index (κ3) is 4.62. The van der Waals surface area contributed by atoms with Crippen LogP contribution in [0.5, 0.6) is 0 Å². The second-order valence-corrected chi connectivity index (χ2v) is 9.09. The molecule has 0 spiro atoms. The molecule has 2 amide bonds. The number of carboxylic acids is 1. The summed E-state index contributed by atoms with van der Waals surface area (Å²) in [7, 11) is 0. The number of carboxylic acid groups (broad SMARTS) is 1. The first-order chi connectivity index (χ1) is 17.0. The Hall–Kier alpha value is -4.13. The standard InChI is InChI=1S/C28H26N2O5/c31-25(30-28(14-15-28)26(32)33)24(16-18-8-2-1-3-9-18)29-27(34)35-17-23-21-12-6-4-10-19(21)20-11-5-7-13-22(20)23/h1-13,23-24H,14-17H2,(H,29,34)(H,30,31)(H,32,33)/t24-/m1/s1. The number of alkyl carbamates (subject to hydrolysis) is 1. The number of benzene rings is 3. The molecule has 0 radical (unpaired) electrons. The number of rotatable bonds is 8. The number of hydrogen-bond donors (Lipinski definition) is 3. The summed E-state index contributed by atoms with van der Waals surface area (Å²) in [6.07, 6.45) is 0.240. The summed E-state index contributed by atoms with van der Waals surface area (Å²) in [6.45, 7) is 0.124. The average molecular weight is 471 g/mol. The second kappa shape index (κ2) is 9.25. The van der Waals surface area contributed by atoms with E-state index in [-0.39, 0.29) is 18.9 Å². The Bertz CT molecular complexity index is 1220. The van der Waals surface area contributed by atoms with Gasteiger partial charge in [-0.05, 0) is 40.7 Å². The van der Waals surface area contributed by atoms with E-state index < -0.39 is 29.6 Å². The van der Waals surface area contributed by atoms with Gasteiger partial charge in [-0.3, -0.25) is 4.79 Å². The van der Waals surface area contributed by atoms with Gasteiger partial charge in [0.15, 0.2) is 0 Å². The predicted molar refractivity (Wildman–Crippen MR) is 130 cm³/mol. The fourth-order valence-electron chi connectivity index (χ4n) is 4.68. The summed E-state index contributed by atoms with van der Waals surface area (Å²) in [5.41, 5.74) is 4.04. The summed E-state index contributed by atoms with van der Waals surface area (Å²) in [5.74, 6) is -1.70. The van der Waals surface area contributed by atoms with Gasteiger partial charge in [-0.1, -0.05) is 78.9 Å². The first-order valence-corrected chi connectivity index (χ1v) is 11.7. The Morgan fingerprint density at radius 1 is 0.886 bits per heavy atom. The molecule has 1 fully saturated rings. The molecule has 1 saturated carbocycles. The molecule has 1 atom stereocenters. The Balaban J connectivity index is 1.28. The van der Waals surface area contributed by atoms with Gasteiger partial charge >= 0.3 is 12.1 Å². The maximum absolute atomic E-state index is 13.0. The van der Waals surface area contributed by atoms with E-state index in [0.717, 1.165) is 27.8 Å². The van der Waals surface area contributed by atoms with Gasteiger partial charge in [0.25, 0.3) is 0 Å². The van der Waals surface area contributed by atoms with E-state index in [1.165, 1.54) is 0 Å². The minimum atomic E-state index is -1.24. The van der Waals surface area contributed by atoms with Crippen molar-refractivity contribution < 1.29 is 24.2 Å². The summed E-state index contributed by atoms with van der Waals surface area (Å²) in [6, 6.07) is 24.4. The van der Waals surface area contributed by atoms with Crippen LogP contribution in [0.4, 0.5) is 4.79 Å². The lowest BCUT2D eigenvalue weighted by Gasteiger charge is -2.22. The highest BCUT2D eigenvalue weighted by atomic mass is 16.5. The van der Waals surface area contributed by atoms with Gasteiger partial charge < -0.3 is 20.5 Å². The number of ether oxygens (including phenoxy) is 1. The quantitative estimate of drug-likeness (QED) is 0.464. The van der Waals surface area contributed by atoms with E-state index in [1.807, 2.05) is 66.7 Å². The summed E-state index contributed by atoms with van der Waals surface area (Å²) < 4.78 is 5.60. The normalized spacial score (nSPS) is 15.9. The third-order valence-corrected chi connectivity index (χ3v) is 6.76. The minimum absolute atomic E-state index is 0.101. The van der Waals surface area contributed by atoms with Crippen LogP contribution in [0, 0.1) is 0 Å². The molecular formula is C28H26N2O5. The number of carbonyl (C=O) groups excluding carboxylic acids is 2. The molecular weight excluding hydrogens is 444 g/mol. The number of amides is 2. The molecule has 2 aliphatic carbocycles.